The highest BCUT2D eigenvalue weighted by Crippen LogP contribution is 2.52. The molecule has 3 heterocycles. The first-order chi connectivity index (χ1) is 16.6. The number of rotatable bonds is 5. The van der Waals surface area contributed by atoms with Crippen molar-refractivity contribution < 1.29 is 22.9 Å². The van der Waals surface area contributed by atoms with Crippen molar-refractivity contribution in [3.8, 4) is 17.2 Å². The zero-order chi connectivity index (χ0) is 25.0. The second-order valence-corrected chi connectivity index (χ2v) is 9.30. The van der Waals surface area contributed by atoms with E-state index in [0.717, 1.165) is 16.0 Å². The third-order valence-corrected chi connectivity index (χ3v) is 6.86. The molecule has 1 atom stereocenters. The molecule has 0 unspecified atom stereocenters. The lowest BCUT2D eigenvalue weighted by Gasteiger charge is -2.31. The number of alkyl halides is 2. The minimum atomic E-state index is -3.13. The van der Waals surface area contributed by atoms with E-state index in [2.05, 4.69) is 15.5 Å². The van der Waals surface area contributed by atoms with Gasteiger partial charge in [0.15, 0.2) is 0 Å². The fraction of sp³-hybridized carbons (Fsp3) is 0.400. The van der Waals surface area contributed by atoms with Gasteiger partial charge in [-0.2, -0.15) is 5.26 Å². The molecule has 1 aromatic carbocycles. The van der Waals surface area contributed by atoms with Crippen molar-refractivity contribution in [3.63, 3.8) is 0 Å². The van der Waals surface area contributed by atoms with Gasteiger partial charge in [-0.1, -0.05) is 11.2 Å². The Kier molecular flexibility index (Phi) is 5.31. The van der Waals surface area contributed by atoms with E-state index in [1.165, 1.54) is 12.3 Å². The predicted molar refractivity (Wildman–Crippen MR) is 121 cm³/mol. The van der Waals surface area contributed by atoms with E-state index in [1.807, 2.05) is 19.1 Å². The number of aromatic nitrogens is 2. The molecule has 1 N–H and O–H groups in total. The first-order valence-electron chi connectivity index (χ1n) is 11.3. The third kappa shape index (κ3) is 3.91. The minimum Gasteiger partial charge on any atom is -0.361 e. The zero-order valence-corrected chi connectivity index (χ0v) is 19.3. The maximum Gasteiger partial charge on any atom is 0.268 e. The number of nitrogens with one attached hydrogen (secondary N) is 1. The number of nitriles is 1. The number of carbonyl (C=O) groups is 2. The van der Waals surface area contributed by atoms with E-state index in [9.17, 15) is 23.6 Å². The van der Waals surface area contributed by atoms with E-state index in [0.29, 0.717) is 35.2 Å². The zero-order valence-electron chi connectivity index (χ0n) is 19.3. The first-order valence-corrected chi connectivity index (χ1v) is 11.3. The Morgan fingerprint density at radius 2 is 2.06 bits per heavy atom. The largest absolute Gasteiger partial charge is 0.361 e. The molecule has 2 aliphatic rings. The summed E-state index contributed by atoms with van der Waals surface area (Å²) in [6, 6.07) is 8.97. The monoisotopic (exact) mass is 479 g/mol. The van der Waals surface area contributed by atoms with Crippen LogP contribution in [0.3, 0.4) is 0 Å². The van der Waals surface area contributed by atoms with Crippen LogP contribution >= 0.6 is 0 Å². The Morgan fingerprint density at radius 3 is 2.71 bits per heavy atom. The number of aryl methyl sites for hydroxylation is 2. The van der Waals surface area contributed by atoms with Gasteiger partial charge in [-0.05, 0) is 56.4 Å². The Bertz CT molecular complexity index is 1370. The number of likely N-dealkylation sites (tertiary alicyclic amines) is 1. The Balaban J connectivity index is 1.39. The number of nitrogens with zero attached hydrogens (tertiary/aromatic N) is 4. The maximum atomic E-state index is 14.2. The van der Waals surface area contributed by atoms with E-state index in [1.54, 1.807) is 19.1 Å². The smallest absolute Gasteiger partial charge is 0.268 e. The number of amides is 2. The van der Waals surface area contributed by atoms with E-state index in [4.69, 9.17) is 4.52 Å². The minimum absolute atomic E-state index is 0.257. The standard InChI is InChI=1S/C25H23F2N5O3/c1-14-22(15(2)35-31-14)16-3-6-20-19(9-16)18(7-8-29-20)23(34)30-10-21(33)32-13-25(26,27)11-24(32,12-28)17-4-5-17/h3,6-9,17H,4-5,10-11,13H2,1-2H3,(H,30,34)/t24-/m0/s1. The highest BCUT2D eigenvalue weighted by molar-refractivity contribution is 6.07. The number of fused-ring (bicyclic) bond motifs is 1. The molecule has 10 heteroatoms. The summed E-state index contributed by atoms with van der Waals surface area (Å²) in [6.07, 6.45) is 2.09. The van der Waals surface area contributed by atoms with E-state index in [-0.39, 0.29) is 11.5 Å². The first kappa shape index (κ1) is 22.9. The van der Waals surface area contributed by atoms with Gasteiger partial charge in [0, 0.05) is 17.1 Å². The topological polar surface area (TPSA) is 112 Å². The summed E-state index contributed by atoms with van der Waals surface area (Å²) in [4.78, 5) is 31.3. The second kappa shape index (κ2) is 8.12. The molecule has 8 nitrogen and oxygen atoms in total. The van der Waals surface area contributed by atoms with E-state index >= 15 is 0 Å². The summed E-state index contributed by atoms with van der Waals surface area (Å²) >= 11 is 0. The number of halogens is 2. The lowest BCUT2D eigenvalue weighted by molar-refractivity contribution is -0.134. The number of hydrogen-bond acceptors (Lipinski definition) is 6. The highest BCUT2D eigenvalue weighted by Gasteiger charge is 2.62. The summed E-state index contributed by atoms with van der Waals surface area (Å²) in [5.74, 6) is -3.98. The Labute approximate surface area is 199 Å². The number of hydrogen-bond donors (Lipinski definition) is 1. The third-order valence-electron chi connectivity index (χ3n) is 6.86. The fourth-order valence-corrected chi connectivity index (χ4v) is 5.09. The lowest BCUT2D eigenvalue weighted by atomic mass is 9.91. The van der Waals surface area contributed by atoms with Crippen LogP contribution in [0.15, 0.2) is 35.0 Å². The van der Waals surface area contributed by atoms with Crippen molar-refractivity contribution in [1.29, 1.82) is 5.26 Å². The van der Waals surface area contributed by atoms with Gasteiger partial charge in [0.2, 0.25) is 5.91 Å². The van der Waals surface area contributed by atoms with E-state index < -0.39 is 42.8 Å². The van der Waals surface area contributed by atoms with Gasteiger partial charge in [-0.15, -0.1) is 0 Å². The number of pyridine rings is 1. The molecular weight excluding hydrogens is 456 g/mol. The van der Waals surface area contributed by atoms with Gasteiger partial charge in [0.25, 0.3) is 11.8 Å². The molecule has 2 fully saturated rings. The average molecular weight is 479 g/mol. The van der Waals surface area contributed by atoms with Gasteiger partial charge in [-0.25, -0.2) is 8.78 Å². The average Bonchev–Trinajstić information content (AvgIpc) is 3.58. The number of carbonyl (C=O) groups excluding carboxylic acids is 2. The van der Waals surface area contributed by atoms with Crippen molar-refractivity contribution in [2.75, 3.05) is 13.1 Å². The van der Waals surface area contributed by atoms with Crippen LogP contribution in [-0.2, 0) is 4.79 Å². The summed E-state index contributed by atoms with van der Waals surface area (Å²) in [7, 11) is 0. The lowest BCUT2D eigenvalue weighted by Crippen LogP contribution is -2.51. The fourth-order valence-electron chi connectivity index (χ4n) is 5.09. The van der Waals surface area contributed by atoms with Crippen molar-refractivity contribution in [2.24, 2.45) is 5.92 Å². The summed E-state index contributed by atoms with van der Waals surface area (Å²) < 4.78 is 33.7. The number of benzene rings is 1. The normalized spacial score (nSPS) is 21.2. The Morgan fingerprint density at radius 1 is 1.29 bits per heavy atom. The molecule has 2 aromatic heterocycles. The molecule has 1 saturated carbocycles. The van der Waals surface area contributed by atoms with Crippen LogP contribution < -0.4 is 5.32 Å². The molecule has 3 aromatic rings. The van der Waals surface area contributed by atoms with Gasteiger partial charge >= 0.3 is 0 Å². The second-order valence-electron chi connectivity index (χ2n) is 9.30. The van der Waals surface area contributed by atoms with Crippen molar-refractivity contribution in [3.05, 3.63) is 47.5 Å². The molecule has 0 radical (unpaired) electrons. The van der Waals surface area contributed by atoms with Crippen LogP contribution in [0.5, 0.6) is 0 Å². The van der Waals surface area contributed by atoms with Crippen LogP contribution in [0.25, 0.3) is 22.0 Å². The van der Waals surface area contributed by atoms with Crippen LogP contribution in [0.4, 0.5) is 8.78 Å². The van der Waals surface area contributed by atoms with Crippen LogP contribution in [0, 0.1) is 31.1 Å². The molecule has 5 rings (SSSR count). The Hall–Kier alpha value is -3.87. The molecule has 35 heavy (non-hydrogen) atoms. The molecule has 0 spiro atoms. The molecule has 1 saturated heterocycles. The SMILES string of the molecule is Cc1noc(C)c1-c1ccc2nccc(C(=O)NCC(=O)N3CC(F)(F)C[C@]3(C#N)C3CC3)c2c1. The van der Waals surface area contributed by atoms with Gasteiger partial charge in [-0.3, -0.25) is 14.6 Å². The molecule has 1 aliphatic carbocycles. The predicted octanol–water partition coefficient (Wildman–Crippen LogP) is 3.78. The van der Waals surface area contributed by atoms with Crippen molar-refractivity contribution in [1.82, 2.24) is 20.4 Å². The molecule has 1 aliphatic heterocycles. The molecule has 0 bridgehead atoms. The molecular formula is C25H23F2N5O3. The van der Waals surface area contributed by atoms with Gasteiger partial charge < -0.3 is 14.7 Å². The summed E-state index contributed by atoms with van der Waals surface area (Å²) in [5, 5.41) is 16.8. The maximum absolute atomic E-state index is 14.2. The van der Waals surface area contributed by atoms with Crippen molar-refractivity contribution in [2.45, 2.75) is 44.6 Å². The molecule has 180 valence electrons. The molecule has 2 amide bonds. The highest BCUT2D eigenvalue weighted by atomic mass is 19.3. The van der Waals surface area contributed by atoms with Gasteiger partial charge in [0.05, 0.1) is 42.4 Å². The summed E-state index contributed by atoms with van der Waals surface area (Å²) in [6.45, 7) is 2.32. The van der Waals surface area contributed by atoms with Crippen LogP contribution in [0.1, 0.15) is 41.1 Å². The quantitative estimate of drug-likeness (QED) is 0.596. The van der Waals surface area contributed by atoms with Crippen LogP contribution in [0.2, 0.25) is 0 Å². The van der Waals surface area contributed by atoms with Gasteiger partial charge in [0.1, 0.15) is 11.3 Å². The van der Waals surface area contributed by atoms with Crippen molar-refractivity contribution >= 4 is 22.7 Å². The van der Waals surface area contributed by atoms with Crippen LogP contribution in [-0.4, -0.2) is 51.4 Å². The summed E-state index contributed by atoms with van der Waals surface area (Å²) in [5.41, 5.74) is 1.68.